The zero-order valence-corrected chi connectivity index (χ0v) is 11.8. The first-order chi connectivity index (χ1) is 9.15. The van der Waals surface area contributed by atoms with Crippen LogP contribution in [0.3, 0.4) is 0 Å². The number of aromatic hydroxyl groups is 1. The zero-order chi connectivity index (χ0) is 13.7. The predicted molar refractivity (Wildman–Crippen MR) is 78.4 cm³/mol. The van der Waals surface area contributed by atoms with Gasteiger partial charge < -0.3 is 5.11 Å². The Hall–Kier alpha value is -1.68. The Bertz CT molecular complexity index is 581. The highest BCUT2D eigenvalue weighted by molar-refractivity contribution is 9.10. The van der Waals surface area contributed by atoms with Crippen LogP contribution in [0.2, 0.25) is 0 Å². The van der Waals surface area contributed by atoms with Crippen molar-refractivity contribution < 1.29 is 9.50 Å². The van der Waals surface area contributed by atoms with E-state index < -0.39 is 0 Å². The highest BCUT2D eigenvalue weighted by Crippen LogP contribution is 2.20. The summed E-state index contributed by atoms with van der Waals surface area (Å²) in [6, 6.07) is 11.6. The van der Waals surface area contributed by atoms with Crippen molar-refractivity contribution in [3.8, 4) is 5.75 Å². The monoisotopic (exact) mass is 321 g/mol. The minimum atomic E-state index is -0.230. The van der Waals surface area contributed by atoms with Gasteiger partial charge in [-0.2, -0.15) is 0 Å². The molecule has 0 atom stereocenters. The second-order valence-corrected chi connectivity index (χ2v) is 5.03. The van der Waals surface area contributed by atoms with Gasteiger partial charge in [-0.05, 0) is 42.3 Å². The molecular formula is C15H13BrFNO. The van der Waals surface area contributed by atoms with Crippen molar-refractivity contribution in [1.29, 1.82) is 0 Å². The van der Waals surface area contributed by atoms with E-state index in [9.17, 15) is 9.50 Å². The van der Waals surface area contributed by atoms with E-state index in [-0.39, 0.29) is 11.6 Å². The Morgan fingerprint density at radius 1 is 1.16 bits per heavy atom. The molecule has 98 valence electrons. The lowest BCUT2D eigenvalue weighted by Gasteiger charge is -2.00. The molecule has 0 spiro atoms. The molecule has 0 heterocycles. The van der Waals surface area contributed by atoms with Crippen LogP contribution in [0.15, 0.2) is 51.9 Å². The summed E-state index contributed by atoms with van der Waals surface area (Å²) in [5.41, 5.74) is 1.71. The molecule has 0 amide bonds. The molecule has 2 aromatic rings. The van der Waals surface area contributed by atoms with Gasteiger partial charge in [0, 0.05) is 22.8 Å². The molecular weight excluding hydrogens is 309 g/mol. The van der Waals surface area contributed by atoms with Gasteiger partial charge in [0.05, 0.1) is 0 Å². The summed E-state index contributed by atoms with van der Waals surface area (Å²) < 4.78 is 13.6. The number of benzene rings is 2. The van der Waals surface area contributed by atoms with Crippen LogP contribution < -0.4 is 0 Å². The van der Waals surface area contributed by atoms with Gasteiger partial charge in [-0.3, -0.25) is 4.99 Å². The third kappa shape index (κ3) is 4.17. The van der Waals surface area contributed by atoms with Gasteiger partial charge in [0.1, 0.15) is 11.6 Å². The molecule has 0 aromatic heterocycles. The van der Waals surface area contributed by atoms with E-state index in [1.165, 1.54) is 12.1 Å². The van der Waals surface area contributed by atoms with Crippen molar-refractivity contribution in [2.75, 3.05) is 6.54 Å². The summed E-state index contributed by atoms with van der Waals surface area (Å²) in [7, 11) is 0. The van der Waals surface area contributed by atoms with Crippen molar-refractivity contribution in [2.24, 2.45) is 4.99 Å². The van der Waals surface area contributed by atoms with Crippen molar-refractivity contribution in [3.05, 3.63) is 63.9 Å². The van der Waals surface area contributed by atoms with E-state index in [4.69, 9.17) is 0 Å². The number of rotatable bonds is 4. The molecule has 0 radical (unpaired) electrons. The molecule has 0 saturated carbocycles. The molecule has 19 heavy (non-hydrogen) atoms. The summed E-state index contributed by atoms with van der Waals surface area (Å²) >= 11 is 3.34. The number of halogens is 2. The van der Waals surface area contributed by atoms with E-state index in [1.807, 2.05) is 0 Å². The van der Waals surface area contributed by atoms with Crippen molar-refractivity contribution in [3.63, 3.8) is 0 Å². The highest BCUT2D eigenvalue weighted by atomic mass is 79.9. The zero-order valence-electron chi connectivity index (χ0n) is 10.2. The summed E-state index contributed by atoms with van der Waals surface area (Å²) in [6.45, 7) is 0.595. The molecule has 0 aliphatic heterocycles. The lowest BCUT2D eigenvalue weighted by Crippen LogP contribution is -1.91. The number of phenolic OH excluding ortho intramolecular Hbond substituents is 1. The maximum absolute atomic E-state index is 12.7. The van der Waals surface area contributed by atoms with Crippen molar-refractivity contribution >= 4 is 22.1 Å². The second kappa shape index (κ2) is 6.48. The fourth-order valence-corrected chi connectivity index (χ4v) is 2.02. The van der Waals surface area contributed by atoms with Crippen LogP contribution in [0, 0.1) is 5.82 Å². The van der Waals surface area contributed by atoms with Gasteiger partial charge in [-0.25, -0.2) is 4.39 Å². The van der Waals surface area contributed by atoms with Crippen LogP contribution in [0.1, 0.15) is 11.1 Å². The maximum Gasteiger partial charge on any atom is 0.124 e. The first kappa shape index (κ1) is 13.7. The van der Waals surface area contributed by atoms with Crippen molar-refractivity contribution in [2.45, 2.75) is 6.42 Å². The molecule has 2 rings (SSSR count). The molecule has 2 nitrogen and oxygen atoms in total. The average molecular weight is 322 g/mol. The van der Waals surface area contributed by atoms with Crippen LogP contribution in [-0.2, 0) is 6.42 Å². The average Bonchev–Trinajstić information content (AvgIpc) is 2.40. The van der Waals surface area contributed by atoms with Gasteiger partial charge in [-0.1, -0.05) is 28.1 Å². The van der Waals surface area contributed by atoms with Gasteiger partial charge in [0.25, 0.3) is 0 Å². The fourth-order valence-electron chi connectivity index (χ4n) is 1.64. The Morgan fingerprint density at radius 3 is 2.63 bits per heavy atom. The molecule has 0 bridgehead atoms. The van der Waals surface area contributed by atoms with Crippen molar-refractivity contribution in [1.82, 2.24) is 0 Å². The van der Waals surface area contributed by atoms with Gasteiger partial charge >= 0.3 is 0 Å². The summed E-state index contributed by atoms with van der Waals surface area (Å²) in [5.74, 6) is -0.0277. The molecule has 0 fully saturated rings. The lowest BCUT2D eigenvalue weighted by atomic mass is 10.1. The number of hydrogen-bond donors (Lipinski definition) is 1. The van der Waals surface area contributed by atoms with Crippen LogP contribution >= 0.6 is 15.9 Å². The normalized spacial score (nSPS) is 11.1. The van der Waals surface area contributed by atoms with Crippen LogP contribution in [0.25, 0.3) is 0 Å². The third-order valence-electron chi connectivity index (χ3n) is 2.66. The lowest BCUT2D eigenvalue weighted by molar-refractivity contribution is 0.474. The van der Waals surface area contributed by atoms with Gasteiger partial charge in [-0.15, -0.1) is 0 Å². The number of hydrogen-bond acceptors (Lipinski definition) is 2. The van der Waals surface area contributed by atoms with E-state index in [0.29, 0.717) is 12.1 Å². The Balaban J connectivity index is 1.93. The second-order valence-electron chi connectivity index (χ2n) is 4.11. The highest BCUT2D eigenvalue weighted by Gasteiger charge is 1.98. The summed E-state index contributed by atoms with van der Waals surface area (Å²) in [6.07, 6.45) is 2.38. The van der Waals surface area contributed by atoms with E-state index in [1.54, 1.807) is 36.5 Å². The topological polar surface area (TPSA) is 32.6 Å². The summed E-state index contributed by atoms with van der Waals surface area (Å²) in [4.78, 5) is 4.26. The predicted octanol–water partition coefficient (Wildman–Crippen LogP) is 3.96. The van der Waals surface area contributed by atoms with Crippen LogP contribution in [0.4, 0.5) is 4.39 Å². The van der Waals surface area contributed by atoms with E-state index in [2.05, 4.69) is 20.9 Å². The SMILES string of the molecule is Oc1ccc(Br)cc1C=NCCc1ccc(F)cc1. The molecule has 0 aliphatic rings. The molecule has 2 aromatic carbocycles. The first-order valence-corrected chi connectivity index (χ1v) is 6.67. The Morgan fingerprint density at radius 2 is 1.89 bits per heavy atom. The molecule has 0 aliphatic carbocycles. The van der Waals surface area contributed by atoms with Crippen LogP contribution in [0.5, 0.6) is 5.75 Å². The van der Waals surface area contributed by atoms with Crippen LogP contribution in [-0.4, -0.2) is 17.9 Å². The molecule has 1 N–H and O–H groups in total. The Labute approximate surface area is 119 Å². The minimum Gasteiger partial charge on any atom is -0.507 e. The molecule has 0 saturated heterocycles. The van der Waals surface area contributed by atoms with E-state index >= 15 is 0 Å². The number of aliphatic imine (C=N–C) groups is 1. The maximum atomic E-state index is 12.7. The minimum absolute atomic E-state index is 0.203. The van der Waals surface area contributed by atoms with Gasteiger partial charge in [0.15, 0.2) is 0 Å². The first-order valence-electron chi connectivity index (χ1n) is 5.88. The molecule has 0 unspecified atom stereocenters. The Kier molecular flexibility index (Phi) is 4.68. The quantitative estimate of drug-likeness (QED) is 0.849. The smallest absolute Gasteiger partial charge is 0.124 e. The largest absolute Gasteiger partial charge is 0.507 e. The number of nitrogens with zero attached hydrogens (tertiary/aromatic N) is 1. The van der Waals surface area contributed by atoms with E-state index in [0.717, 1.165) is 16.5 Å². The standard InChI is InChI=1S/C15H13BrFNO/c16-13-3-6-15(19)12(9-13)10-18-8-7-11-1-4-14(17)5-2-11/h1-6,9-10,19H,7-8H2. The molecule has 4 heteroatoms. The summed E-state index contributed by atoms with van der Waals surface area (Å²) in [5, 5.41) is 9.63. The number of phenols is 1. The third-order valence-corrected chi connectivity index (χ3v) is 3.16. The fraction of sp³-hybridized carbons (Fsp3) is 0.133. The van der Waals surface area contributed by atoms with Gasteiger partial charge in [0.2, 0.25) is 0 Å².